The van der Waals surface area contributed by atoms with Gasteiger partial charge in [0.05, 0.1) is 5.38 Å². The van der Waals surface area contributed by atoms with Gasteiger partial charge in [0.1, 0.15) is 0 Å². The number of hydrogen-bond acceptors (Lipinski definition) is 1. The average Bonchev–Trinajstić information content (AvgIpc) is 2.64. The van der Waals surface area contributed by atoms with Crippen molar-refractivity contribution in [3.63, 3.8) is 0 Å². The fraction of sp³-hybridized carbons (Fsp3) is 0.909. The number of fused-ring (bicyclic) bond motifs is 2. The van der Waals surface area contributed by atoms with Crippen LogP contribution in [0.2, 0.25) is 0 Å². The Hall–Kier alpha value is -0.0400. The number of carbonyl (C=O) groups is 1. The highest BCUT2D eigenvalue weighted by Crippen LogP contribution is 2.50. The molecular weight excluding hydrogens is 184 g/mol. The van der Waals surface area contributed by atoms with Crippen LogP contribution in [0.25, 0.3) is 0 Å². The molecular formula is C11H17ClO. The Balaban J connectivity index is 1.94. The van der Waals surface area contributed by atoms with Gasteiger partial charge in [-0.3, -0.25) is 4.79 Å². The van der Waals surface area contributed by atoms with Gasteiger partial charge in [-0.25, -0.2) is 0 Å². The van der Waals surface area contributed by atoms with Gasteiger partial charge in [0.25, 0.3) is 0 Å². The van der Waals surface area contributed by atoms with Gasteiger partial charge < -0.3 is 0 Å². The zero-order valence-corrected chi connectivity index (χ0v) is 8.89. The van der Waals surface area contributed by atoms with Gasteiger partial charge >= 0.3 is 0 Å². The van der Waals surface area contributed by atoms with Crippen molar-refractivity contribution < 1.29 is 4.79 Å². The Morgan fingerprint density at radius 1 is 1.46 bits per heavy atom. The van der Waals surface area contributed by atoms with Gasteiger partial charge in [0, 0.05) is 5.92 Å². The van der Waals surface area contributed by atoms with Crippen molar-refractivity contribution in [2.75, 3.05) is 0 Å². The molecule has 2 fully saturated rings. The third-order valence-electron chi connectivity index (χ3n) is 3.73. The molecule has 13 heavy (non-hydrogen) atoms. The molecule has 0 aromatic rings. The van der Waals surface area contributed by atoms with E-state index in [1.807, 2.05) is 0 Å². The first-order valence-electron chi connectivity index (χ1n) is 5.41. The molecule has 4 atom stereocenters. The molecule has 0 amide bonds. The minimum atomic E-state index is -0.138. The molecule has 1 nitrogen and oxygen atoms in total. The highest BCUT2D eigenvalue weighted by atomic mass is 35.5. The first-order chi connectivity index (χ1) is 6.24. The minimum absolute atomic E-state index is 0.138. The fourth-order valence-electron chi connectivity index (χ4n) is 2.98. The molecule has 2 heteroatoms. The SMILES string of the molecule is CCCCC1CC2CC1C(Cl)C2=O. The number of unbranched alkanes of at least 4 members (excludes halogenated alkanes) is 1. The fourth-order valence-corrected chi connectivity index (χ4v) is 3.47. The van der Waals surface area contributed by atoms with E-state index in [4.69, 9.17) is 11.6 Å². The largest absolute Gasteiger partial charge is 0.298 e. The summed E-state index contributed by atoms with van der Waals surface area (Å²) in [6.45, 7) is 2.22. The molecule has 0 aromatic carbocycles. The van der Waals surface area contributed by atoms with Crippen LogP contribution < -0.4 is 0 Å². The molecule has 0 spiro atoms. The van der Waals surface area contributed by atoms with Crippen LogP contribution in [0, 0.1) is 17.8 Å². The lowest BCUT2D eigenvalue weighted by atomic mass is 9.84. The van der Waals surface area contributed by atoms with Crippen LogP contribution in [0.4, 0.5) is 0 Å². The first-order valence-corrected chi connectivity index (χ1v) is 5.85. The van der Waals surface area contributed by atoms with E-state index in [-0.39, 0.29) is 5.38 Å². The lowest BCUT2D eigenvalue weighted by Gasteiger charge is -2.24. The molecule has 2 saturated carbocycles. The van der Waals surface area contributed by atoms with Gasteiger partial charge in [0.15, 0.2) is 5.78 Å². The summed E-state index contributed by atoms with van der Waals surface area (Å²) in [5.41, 5.74) is 0. The zero-order chi connectivity index (χ0) is 9.42. The molecule has 74 valence electrons. The minimum Gasteiger partial charge on any atom is -0.298 e. The Morgan fingerprint density at radius 2 is 2.23 bits per heavy atom. The Labute approximate surface area is 84.8 Å². The maximum absolute atomic E-state index is 11.5. The maximum atomic E-state index is 11.5. The summed E-state index contributed by atoms with van der Waals surface area (Å²) in [5, 5.41) is -0.138. The summed E-state index contributed by atoms with van der Waals surface area (Å²) < 4.78 is 0. The van der Waals surface area contributed by atoms with Gasteiger partial charge in [-0.2, -0.15) is 0 Å². The Kier molecular flexibility index (Phi) is 2.64. The summed E-state index contributed by atoms with van der Waals surface area (Å²) >= 11 is 6.08. The normalized spacial score (nSPS) is 43.1. The van der Waals surface area contributed by atoms with E-state index in [9.17, 15) is 4.79 Å². The molecule has 0 radical (unpaired) electrons. The van der Waals surface area contributed by atoms with Crippen molar-refractivity contribution in [2.24, 2.45) is 17.8 Å². The maximum Gasteiger partial charge on any atom is 0.154 e. The summed E-state index contributed by atoms with van der Waals surface area (Å²) in [6, 6.07) is 0. The van der Waals surface area contributed by atoms with Crippen molar-refractivity contribution in [3.05, 3.63) is 0 Å². The van der Waals surface area contributed by atoms with Crippen molar-refractivity contribution in [1.29, 1.82) is 0 Å². The third-order valence-corrected chi connectivity index (χ3v) is 4.27. The summed E-state index contributed by atoms with van der Waals surface area (Å²) in [4.78, 5) is 11.5. The topological polar surface area (TPSA) is 17.1 Å². The number of carbonyl (C=O) groups excluding carboxylic acids is 1. The van der Waals surface area contributed by atoms with Gasteiger partial charge in [0.2, 0.25) is 0 Å². The monoisotopic (exact) mass is 200 g/mol. The Bertz CT molecular complexity index is 210. The van der Waals surface area contributed by atoms with Crippen LogP contribution in [0.1, 0.15) is 39.0 Å². The average molecular weight is 201 g/mol. The van der Waals surface area contributed by atoms with E-state index < -0.39 is 0 Å². The number of alkyl halides is 1. The predicted molar refractivity (Wildman–Crippen MR) is 53.9 cm³/mol. The molecule has 2 aliphatic rings. The van der Waals surface area contributed by atoms with Gasteiger partial charge in [-0.1, -0.05) is 26.2 Å². The second kappa shape index (κ2) is 3.61. The third kappa shape index (κ3) is 1.52. The standard InChI is InChI=1S/C11H17ClO/c1-2-3-4-7-5-8-6-9(7)10(12)11(8)13/h7-10H,2-6H2,1H3. The molecule has 0 aliphatic heterocycles. The number of Topliss-reactive ketones (excluding diaryl/α,β-unsaturated/α-hetero) is 1. The van der Waals surface area contributed by atoms with E-state index >= 15 is 0 Å². The van der Waals surface area contributed by atoms with Crippen molar-refractivity contribution in [1.82, 2.24) is 0 Å². The molecule has 0 saturated heterocycles. The van der Waals surface area contributed by atoms with Crippen molar-refractivity contribution >= 4 is 17.4 Å². The molecule has 0 N–H and O–H groups in total. The van der Waals surface area contributed by atoms with Crippen LogP contribution >= 0.6 is 11.6 Å². The molecule has 2 bridgehead atoms. The molecule has 2 aliphatic carbocycles. The van der Waals surface area contributed by atoms with E-state index in [0.29, 0.717) is 17.6 Å². The van der Waals surface area contributed by atoms with Crippen LogP contribution in [0.15, 0.2) is 0 Å². The van der Waals surface area contributed by atoms with Crippen LogP contribution in [0.5, 0.6) is 0 Å². The first kappa shape index (κ1) is 9.51. The van der Waals surface area contributed by atoms with Crippen molar-refractivity contribution in [3.8, 4) is 0 Å². The lowest BCUT2D eigenvalue weighted by molar-refractivity contribution is -0.122. The van der Waals surface area contributed by atoms with Crippen LogP contribution in [-0.4, -0.2) is 11.2 Å². The summed E-state index contributed by atoms with van der Waals surface area (Å²) in [5.74, 6) is 1.93. The number of rotatable bonds is 3. The quantitative estimate of drug-likeness (QED) is 0.641. The van der Waals surface area contributed by atoms with E-state index in [1.54, 1.807) is 0 Å². The van der Waals surface area contributed by atoms with Gasteiger partial charge in [-0.15, -0.1) is 11.6 Å². The van der Waals surface area contributed by atoms with Crippen LogP contribution in [-0.2, 0) is 4.79 Å². The zero-order valence-electron chi connectivity index (χ0n) is 8.13. The highest BCUT2D eigenvalue weighted by molar-refractivity contribution is 6.32. The number of hydrogen-bond donors (Lipinski definition) is 0. The number of halogens is 1. The van der Waals surface area contributed by atoms with E-state index in [2.05, 4.69) is 6.92 Å². The smallest absolute Gasteiger partial charge is 0.154 e. The molecule has 2 rings (SSSR count). The van der Waals surface area contributed by atoms with E-state index in [1.165, 1.54) is 19.3 Å². The lowest BCUT2D eigenvalue weighted by Crippen LogP contribution is -2.28. The second-order valence-electron chi connectivity index (χ2n) is 4.54. The molecule has 4 unspecified atom stereocenters. The van der Waals surface area contributed by atoms with Crippen LogP contribution in [0.3, 0.4) is 0 Å². The van der Waals surface area contributed by atoms with Gasteiger partial charge in [-0.05, 0) is 24.7 Å². The highest BCUT2D eigenvalue weighted by Gasteiger charge is 2.50. The molecule has 0 aromatic heterocycles. The van der Waals surface area contributed by atoms with E-state index in [0.717, 1.165) is 18.8 Å². The summed E-state index contributed by atoms with van der Waals surface area (Å²) in [6.07, 6.45) is 6.06. The second-order valence-corrected chi connectivity index (χ2v) is 5.01. The summed E-state index contributed by atoms with van der Waals surface area (Å²) in [7, 11) is 0. The number of ketones is 1. The van der Waals surface area contributed by atoms with Crippen molar-refractivity contribution in [2.45, 2.75) is 44.4 Å². The molecule has 0 heterocycles. The Morgan fingerprint density at radius 3 is 2.77 bits per heavy atom. The predicted octanol–water partition coefficient (Wildman–Crippen LogP) is 3.01.